The fourth-order valence-corrected chi connectivity index (χ4v) is 4.09. The number of aryl methyl sites for hydroxylation is 1. The molecule has 1 aromatic heterocycles. The number of aliphatic hydroxyl groups excluding tert-OH is 1. The standard InChI is InChI=1S/C26H27F3N4O4/c1-16-13-33(15-30-16)21-6-4-17(10-22(21)35-3)5-7-24-31-37-23(14-36-9-8-34)26(32(24)2)18-11-19(27)25(29)20(28)12-18/h4-7,10-13,15,23,26,34H,8-9,14H2,1-3H3/t23?,26-/m0/s1. The van der Waals surface area contributed by atoms with Gasteiger partial charge in [0.1, 0.15) is 5.75 Å². The van der Waals surface area contributed by atoms with E-state index in [-0.39, 0.29) is 25.4 Å². The van der Waals surface area contributed by atoms with Gasteiger partial charge in [-0.05, 0) is 48.4 Å². The van der Waals surface area contributed by atoms with E-state index in [0.717, 1.165) is 29.1 Å². The number of halogens is 3. The average molecular weight is 517 g/mol. The molecule has 0 fully saturated rings. The van der Waals surface area contributed by atoms with Gasteiger partial charge in [-0.15, -0.1) is 0 Å². The van der Waals surface area contributed by atoms with Crippen molar-refractivity contribution < 1.29 is 32.6 Å². The summed E-state index contributed by atoms with van der Waals surface area (Å²) in [6.45, 7) is 1.74. The zero-order valence-electron chi connectivity index (χ0n) is 20.6. The second kappa shape index (κ2) is 11.5. The molecule has 37 heavy (non-hydrogen) atoms. The molecule has 0 saturated heterocycles. The van der Waals surface area contributed by atoms with Crippen molar-refractivity contribution in [1.82, 2.24) is 14.5 Å². The van der Waals surface area contributed by atoms with E-state index in [0.29, 0.717) is 11.6 Å². The van der Waals surface area contributed by atoms with E-state index in [9.17, 15) is 13.2 Å². The number of aromatic nitrogens is 2. The molecule has 0 aliphatic carbocycles. The number of ether oxygens (including phenoxy) is 2. The lowest BCUT2D eigenvalue weighted by Crippen LogP contribution is -2.44. The molecule has 0 radical (unpaired) electrons. The number of imidazole rings is 1. The summed E-state index contributed by atoms with van der Waals surface area (Å²) in [6, 6.07) is 6.73. The Morgan fingerprint density at radius 1 is 1.14 bits per heavy atom. The molecule has 1 unspecified atom stereocenters. The first kappa shape index (κ1) is 26.2. The molecule has 1 aliphatic heterocycles. The third-order valence-electron chi connectivity index (χ3n) is 5.90. The van der Waals surface area contributed by atoms with Gasteiger partial charge in [0.05, 0.1) is 50.7 Å². The highest BCUT2D eigenvalue weighted by atomic mass is 19.2. The summed E-state index contributed by atoms with van der Waals surface area (Å²) >= 11 is 0. The van der Waals surface area contributed by atoms with Crippen LogP contribution < -0.4 is 4.74 Å². The normalized spacial score (nSPS) is 17.7. The Kier molecular flexibility index (Phi) is 8.14. The van der Waals surface area contributed by atoms with Crippen LogP contribution in [0.5, 0.6) is 5.75 Å². The van der Waals surface area contributed by atoms with Crippen molar-refractivity contribution in [1.29, 1.82) is 0 Å². The van der Waals surface area contributed by atoms with Crippen molar-refractivity contribution in [2.24, 2.45) is 5.16 Å². The number of nitrogens with zero attached hydrogens (tertiary/aromatic N) is 4. The number of aliphatic hydroxyl groups is 1. The van der Waals surface area contributed by atoms with Gasteiger partial charge in [0, 0.05) is 13.2 Å². The van der Waals surface area contributed by atoms with Gasteiger partial charge < -0.3 is 28.9 Å². The van der Waals surface area contributed by atoms with Crippen molar-refractivity contribution in [3.8, 4) is 11.4 Å². The predicted octanol–water partition coefficient (Wildman–Crippen LogP) is 4.01. The van der Waals surface area contributed by atoms with Crippen LogP contribution in [0, 0.1) is 24.4 Å². The molecule has 2 heterocycles. The van der Waals surface area contributed by atoms with E-state index in [1.165, 1.54) is 0 Å². The van der Waals surface area contributed by atoms with Crippen molar-refractivity contribution in [2.45, 2.75) is 19.1 Å². The maximum atomic E-state index is 14.0. The maximum absolute atomic E-state index is 14.0. The summed E-state index contributed by atoms with van der Waals surface area (Å²) in [5.41, 5.74) is 2.65. The first-order chi connectivity index (χ1) is 17.8. The van der Waals surface area contributed by atoms with Crippen LogP contribution in [0.25, 0.3) is 11.8 Å². The van der Waals surface area contributed by atoms with Crippen LogP contribution in [0.1, 0.15) is 22.9 Å². The van der Waals surface area contributed by atoms with Crippen LogP contribution in [-0.2, 0) is 9.57 Å². The number of hydrogen-bond acceptors (Lipinski definition) is 7. The molecule has 0 amide bonds. The van der Waals surface area contributed by atoms with Gasteiger partial charge in [0.2, 0.25) is 0 Å². The Bertz CT molecular complexity index is 1290. The van der Waals surface area contributed by atoms with E-state index in [4.69, 9.17) is 19.4 Å². The summed E-state index contributed by atoms with van der Waals surface area (Å²) in [6.07, 6.45) is 6.29. The van der Waals surface area contributed by atoms with Gasteiger partial charge >= 0.3 is 0 Å². The number of rotatable bonds is 9. The molecule has 0 saturated carbocycles. The number of hydrogen-bond donors (Lipinski definition) is 1. The summed E-state index contributed by atoms with van der Waals surface area (Å²) < 4.78 is 54.5. The lowest BCUT2D eigenvalue weighted by atomic mass is 9.98. The first-order valence-electron chi connectivity index (χ1n) is 11.5. The minimum atomic E-state index is -1.55. The van der Waals surface area contributed by atoms with E-state index in [2.05, 4.69) is 10.1 Å². The highest BCUT2D eigenvalue weighted by Gasteiger charge is 2.35. The van der Waals surface area contributed by atoms with E-state index >= 15 is 0 Å². The van der Waals surface area contributed by atoms with Crippen LogP contribution >= 0.6 is 0 Å². The highest BCUT2D eigenvalue weighted by molar-refractivity contribution is 5.96. The zero-order valence-corrected chi connectivity index (χ0v) is 20.6. The quantitative estimate of drug-likeness (QED) is 0.342. The maximum Gasteiger partial charge on any atom is 0.194 e. The molecule has 2 atom stereocenters. The topological polar surface area (TPSA) is 81.3 Å². The molecular formula is C26H27F3N4O4. The van der Waals surface area contributed by atoms with Crippen LogP contribution in [0.2, 0.25) is 0 Å². The molecule has 1 N–H and O–H groups in total. The van der Waals surface area contributed by atoms with E-state index in [1.54, 1.807) is 37.5 Å². The summed E-state index contributed by atoms with van der Waals surface area (Å²) in [7, 11) is 3.26. The minimum Gasteiger partial charge on any atom is -0.495 e. The Hall–Kier alpha value is -3.83. The fraction of sp³-hybridized carbons (Fsp3) is 0.308. The van der Waals surface area contributed by atoms with Crippen LogP contribution in [-0.4, -0.2) is 65.5 Å². The van der Waals surface area contributed by atoms with Crippen molar-refractivity contribution in [3.63, 3.8) is 0 Å². The van der Waals surface area contributed by atoms with Crippen molar-refractivity contribution >= 4 is 11.9 Å². The summed E-state index contributed by atoms with van der Waals surface area (Å²) in [5, 5.41) is 13.1. The second-order valence-electron chi connectivity index (χ2n) is 8.43. The minimum absolute atomic E-state index is 0.0109. The number of likely N-dealkylation sites (N-methyl/N-ethyl adjacent to an activating group) is 1. The molecule has 8 nitrogen and oxygen atoms in total. The van der Waals surface area contributed by atoms with Gasteiger partial charge in [-0.1, -0.05) is 17.3 Å². The smallest absolute Gasteiger partial charge is 0.194 e. The van der Waals surface area contributed by atoms with Crippen LogP contribution in [0.4, 0.5) is 13.2 Å². The van der Waals surface area contributed by atoms with Crippen molar-refractivity contribution in [3.05, 3.63) is 83.2 Å². The molecule has 11 heteroatoms. The highest BCUT2D eigenvalue weighted by Crippen LogP contribution is 2.32. The Labute approximate surface area is 212 Å². The Morgan fingerprint density at radius 3 is 2.54 bits per heavy atom. The van der Waals surface area contributed by atoms with Gasteiger partial charge in [0.15, 0.2) is 29.4 Å². The lowest BCUT2D eigenvalue weighted by Gasteiger charge is -2.38. The Morgan fingerprint density at radius 2 is 1.89 bits per heavy atom. The zero-order chi connectivity index (χ0) is 26.5. The monoisotopic (exact) mass is 516 g/mol. The predicted molar refractivity (Wildman–Crippen MR) is 131 cm³/mol. The molecule has 4 rings (SSSR count). The molecule has 2 aromatic carbocycles. The number of methoxy groups -OCH3 is 1. The molecule has 0 spiro atoms. The molecule has 3 aromatic rings. The number of benzene rings is 2. The van der Waals surface area contributed by atoms with Gasteiger partial charge in [-0.25, -0.2) is 18.2 Å². The SMILES string of the molecule is COc1cc(C=CC2=NOC(COCCO)[C@H](c3cc(F)c(F)c(F)c3)N2C)ccc1-n1cnc(C)c1. The van der Waals surface area contributed by atoms with Gasteiger partial charge in [-0.3, -0.25) is 0 Å². The number of amidine groups is 1. The number of oxime groups is 1. The lowest BCUT2D eigenvalue weighted by molar-refractivity contribution is -0.0664. The van der Waals surface area contributed by atoms with Gasteiger partial charge in [0.25, 0.3) is 0 Å². The fourth-order valence-electron chi connectivity index (χ4n) is 4.09. The van der Waals surface area contributed by atoms with Crippen LogP contribution in [0.15, 0.2) is 54.1 Å². The summed E-state index contributed by atoms with van der Waals surface area (Å²) in [4.78, 5) is 11.5. The average Bonchev–Trinajstić information content (AvgIpc) is 3.32. The van der Waals surface area contributed by atoms with Gasteiger partial charge in [-0.2, -0.15) is 0 Å². The first-order valence-corrected chi connectivity index (χ1v) is 11.5. The third kappa shape index (κ3) is 5.78. The summed E-state index contributed by atoms with van der Waals surface area (Å²) in [5.74, 6) is -3.17. The molecule has 1 aliphatic rings. The Balaban J connectivity index is 1.61. The van der Waals surface area contributed by atoms with E-state index < -0.39 is 29.6 Å². The second-order valence-corrected chi connectivity index (χ2v) is 8.43. The third-order valence-corrected chi connectivity index (χ3v) is 5.90. The molecule has 0 bridgehead atoms. The molecular weight excluding hydrogens is 489 g/mol. The largest absolute Gasteiger partial charge is 0.495 e. The van der Waals surface area contributed by atoms with E-state index in [1.807, 2.05) is 35.9 Å². The molecule has 196 valence electrons. The van der Waals surface area contributed by atoms with Crippen molar-refractivity contribution in [2.75, 3.05) is 34.0 Å². The van der Waals surface area contributed by atoms with Crippen LogP contribution in [0.3, 0.4) is 0 Å².